The fourth-order valence-corrected chi connectivity index (χ4v) is 3.62. The van der Waals surface area contributed by atoms with E-state index in [1.54, 1.807) is 0 Å². The SMILES string of the molecule is Cc1cccc(C2CCCN2C(=O)C(C)C2CNC2)c1C. The number of aryl methyl sites for hydroxylation is 1. The molecule has 0 aliphatic carbocycles. The van der Waals surface area contributed by atoms with Crippen LogP contribution in [0, 0.1) is 25.7 Å². The smallest absolute Gasteiger partial charge is 0.226 e. The summed E-state index contributed by atoms with van der Waals surface area (Å²) in [6, 6.07) is 6.77. The number of carbonyl (C=O) groups excluding carboxylic acids is 1. The number of amides is 1. The Morgan fingerprint density at radius 1 is 1.33 bits per heavy atom. The topological polar surface area (TPSA) is 32.3 Å². The predicted octanol–water partition coefficient (Wildman–Crippen LogP) is 2.82. The maximum Gasteiger partial charge on any atom is 0.226 e. The minimum absolute atomic E-state index is 0.150. The molecular formula is C18H26N2O. The van der Waals surface area contributed by atoms with Crippen LogP contribution in [0.3, 0.4) is 0 Å². The maximum absolute atomic E-state index is 12.9. The van der Waals surface area contributed by atoms with Crippen molar-refractivity contribution >= 4 is 5.91 Å². The van der Waals surface area contributed by atoms with Crippen LogP contribution >= 0.6 is 0 Å². The van der Waals surface area contributed by atoms with Crippen LogP contribution in [0.2, 0.25) is 0 Å². The van der Waals surface area contributed by atoms with Crippen LogP contribution < -0.4 is 5.32 Å². The largest absolute Gasteiger partial charge is 0.335 e. The molecule has 2 aliphatic rings. The monoisotopic (exact) mass is 286 g/mol. The molecule has 2 atom stereocenters. The molecule has 0 spiro atoms. The number of hydrogen-bond donors (Lipinski definition) is 1. The molecule has 3 nitrogen and oxygen atoms in total. The number of nitrogens with one attached hydrogen (secondary N) is 1. The Balaban J connectivity index is 1.81. The first-order valence-corrected chi connectivity index (χ1v) is 8.17. The van der Waals surface area contributed by atoms with Crippen LogP contribution in [-0.4, -0.2) is 30.4 Å². The summed E-state index contributed by atoms with van der Waals surface area (Å²) >= 11 is 0. The normalized spacial score (nSPS) is 24.0. The molecule has 2 fully saturated rings. The quantitative estimate of drug-likeness (QED) is 0.926. The first-order chi connectivity index (χ1) is 10.1. The van der Waals surface area contributed by atoms with E-state index in [0.717, 1.165) is 32.5 Å². The van der Waals surface area contributed by atoms with E-state index in [0.29, 0.717) is 11.8 Å². The van der Waals surface area contributed by atoms with Gasteiger partial charge in [-0.15, -0.1) is 0 Å². The van der Waals surface area contributed by atoms with E-state index < -0.39 is 0 Å². The van der Waals surface area contributed by atoms with Crippen molar-refractivity contribution in [1.82, 2.24) is 10.2 Å². The zero-order chi connectivity index (χ0) is 15.0. The molecule has 2 aliphatic heterocycles. The molecule has 21 heavy (non-hydrogen) atoms. The molecule has 0 aromatic heterocycles. The summed E-state index contributed by atoms with van der Waals surface area (Å²) in [5, 5.41) is 3.28. The maximum atomic E-state index is 12.9. The van der Waals surface area contributed by atoms with Gasteiger partial charge in [-0.3, -0.25) is 4.79 Å². The molecule has 0 saturated carbocycles. The van der Waals surface area contributed by atoms with Gasteiger partial charge in [0.1, 0.15) is 0 Å². The molecule has 2 heterocycles. The number of benzene rings is 1. The zero-order valence-corrected chi connectivity index (χ0v) is 13.4. The third-order valence-corrected chi connectivity index (χ3v) is 5.45. The molecule has 1 aromatic carbocycles. The van der Waals surface area contributed by atoms with Crippen molar-refractivity contribution in [3.8, 4) is 0 Å². The van der Waals surface area contributed by atoms with Crippen molar-refractivity contribution in [2.75, 3.05) is 19.6 Å². The Morgan fingerprint density at radius 2 is 2.10 bits per heavy atom. The Morgan fingerprint density at radius 3 is 2.76 bits per heavy atom. The van der Waals surface area contributed by atoms with Crippen molar-refractivity contribution in [2.24, 2.45) is 11.8 Å². The van der Waals surface area contributed by atoms with E-state index in [2.05, 4.69) is 49.2 Å². The summed E-state index contributed by atoms with van der Waals surface area (Å²) in [4.78, 5) is 15.0. The van der Waals surface area contributed by atoms with E-state index in [9.17, 15) is 4.79 Å². The molecule has 0 radical (unpaired) electrons. The van der Waals surface area contributed by atoms with Gasteiger partial charge in [0.2, 0.25) is 5.91 Å². The Bertz CT molecular complexity index is 536. The first-order valence-electron chi connectivity index (χ1n) is 8.17. The summed E-state index contributed by atoms with van der Waals surface area (Å²) in [7, 11) is 0. The molecular weight excluding hydrogens is 260 g/mol. The third kappa shape index (κ3) is 2.59. The highest BCUT2D eigenvalue weighted by Gasteiger charge is 2.37. The highest BCUT2D eigenvalue weighted by Crippen LogP contribution is 2.36. The summed E-state index contributed by atoms with van der Waals surface area (Å²) in [6.45, 7) is 9.35. The number of carbonyl (C=O) groups is 1. The van der Waals surface area contributed by atoms with Crippen LogP contribution in [0.25, 0.3) is 0 Å². The molecule has 2 unspecified atom stereocenters. The second-order valence-corrected chi connectivity index (χ2v) is 6.69. The average molecular weight is 286 g/mol. The highest BCUT2D eigenvalue weighted by atomic mass is 16.2. The van der Waals surface area contributed by atoms with Crippen LogP contribution in [0.15, 0.2) is 18.2 Å². The minimum atomic E-state index is 0.150. The van der Waals surface area contributed by atoms with Gasteiger partial charge in [0.25, 0.3) is 0 Å². The summed E-state index contributed by atoms with van der Waals surface area (Å²) in [6.07, 6.45) is 2.23. The van der Waals surface area contributed by atoms with Gasteiger partial charge in [-0.05, 0) is 62.4 Å². The van der Waals surface area contributed by atoms with Gasteiger partial charge in [-0.2, -0.15) is 0 Å². The Hall–Kier alpha value is -1.35. The van der Waals surface area contributed by atoms with Crippen molar-refractivity contribution < 1.29 is 4.79 Å². The molecule has 1 aromatic rings. The second-order valence-electron chi connectivity index (χ2n) is 6.69. The molecule has 0 bridgehead atoms. The van der Waals surface area contributed by atoms with Crippen molar-refractivity contribution in [3.63, 3.8) is 0 Å². The van der Waals surface area contributed by atoms with E-state index in [1.807, 2.05) is 0 Å². The minimum Gasteiger partial charge on any atom is -0.335 e. The summed E-state index contributed by atoms with van der Waals surface area (Å²) in [5.74, 6) is 1.03. The van der Waals surface area contributed by atoms with E-state index in [4.69, 9.17) is 0 Å². The Labute approximate surface area is 127 Å². The lowest BCUT2D eigenvalue weighted by molar-refractivity contribution is -0.138. The van der Waals surface area contributed by atoms with Gasteiger partial charge in [-0.25, -0.2) is 0 Å². The lowest BCUT2D eigenvalue weighted by atomic mass is 9.87. The van der Waals surface area contributed by atoms with Crippen LogP contribution in [0.4, 0.5) is 0 Å². The number of hydrogen-bond acceptors (Lipinski definition) is 2. The number of likely N-dealkylation sites (tertiary alicyclic amines) is 1. The molecule has 3 heteroatoms. The average Bonchev–Trinajstić information content (AvgIpc) is 2.88. The van der Waals surface area contributed by atoms with Gasteiger partial charge in [0.15, 0.2) is 0 Å². The van der Waals surface area contributed by atoms with Crippen molar-refractivity contribution in [2.45, 2.75) is 39.7 Å². The van der Waals surface area contributed by atoms with E-state index >= 15 is 0 Å². The van der Waals surface area contributed by atoms with E-state index in [-0.39, 0.29) is 12.0 Å². The number of rotatable bonds is 3. The third-order valence-electron chi connectivity index (χ3n) is 5.45. The fraction of sp³-hybridized carbons (Fsp3) is 0.611. The van der Waals surface area contributed by atoms with Gasteiger partial charge in [-0.1, -0.05) is 25.1 Å². The lowest BCUT2D eigenvalue weighted by Gasteiger charge is -2.36. The summed E-state index contributed by atoms with van der Waals surface area (Å²) in [5.41, 5.74) is 4.02. The fourth-order valence-electron chi connectivity index (χ4n) is 3.62. The van der Waals surface area contributed by atoms with Gasteiger partial charge >= 0.3 is 0 Å². The number of nitrogens with zero attached hydrogens (tertiary/aromatic N) is 1. The Kier molecular flexibility index (Phi) is 4.03. The molecule has 3 rings (SSSR count). The first kappa shape index (κ1) is 14.6. The molecule has 1 N–H and O–H groups in total. The van der Waals surface area contributed by atoms with Crippen molar-refractivity contribution in [1.29, 1.82) is 0 Å². The van der Waals surface area contributed by atoms with Crippen LogP contribution in [0.1, 0.15) is 42.5 Å². The highest BCUT2D eigenvalue weighted by molar-refractivity contribution is 5.80. The molecule has 1 amide bonds. The van der Waals surface area contributed by atoms with E-state index in [1.165, 1.54) is 16.7 Å². The van der Waals surface area contributed by atoms with Crippen LogP contribution in [-0.2, 0) is 4.79 Å². The van der Waals surface area contributed by atoms with Gasteiger partial charge in [0, 0.05) is 12.5 Å². The molecule has 114 valence electrons. The van der Waals surface area contributed by atoms with Crippen molar-refractivity contribution in [3.05, 3.63) is 34.9 Å². The van der Waals surface area contributed by atoms with Crippen LogP contribution in [0.5, 0.6) is 0 Å². The standard InChI is InChI=1S/C18H26N2O/c1-12-6-4-7-16(13(12)2)17-8-5-9-20(17)18(21)14(3)15-10-19-11-15/h4,6-7,14-15,17,19H,5,8-11H2,1-3H3. The van der Waals surface area contributed by atoms with Gasteiger partial charge < -0.3 is 10.2 Å². The zero-order valence-electron chi connectivity index (χ0n) is 13.4. The predicted molar refractivity (Wildman–Crippen MR) is 85.1 cm³/mol. The molecule has 2 saturated heterocycles. The summed E-state index contributed by atoms with van der Waals surface area (Å²) < 4.78 is 0. The van der Waals surface area contributed by atoms with Gasteiger partial charge in [0.05, 0.1) is 6.04 Å². The lowest BCUT2D eigenvalue weighted by Crippen LogP contribution is -2.50. The second kappa shape index (κ2) is 5.80.